The lowest BCUT2D eigenvalue weighted by Crippen LogP contribution is -2.37. The number of carbonyl (C=O) groups excluding carboxylic acids is 2. The zero-order valence-electron chi connectivity index (χ0n) is 17.5. The van der Waals surface area contributed by atoms with Gasteiger partial charge in [0, 0.05) is 32.4 Å². The van der Waals surface area contributed by atoms with Crippen LogP contribution in [0.2, 0.25) is 0 Å². The third-order valence-corrected chi connectivity index (χ3v) is 6.06. The van der Waals surface area contributed by atoms with Gasteiger partial charge in [0.05, 0.1) is 5.69 Å². The molecule has 0 fully saturated rings. The van der Waals surface area contributed by atoms with E-state index in [1.807, 2.05) is 34.7 Å². The molecule has 0 atom stereocenters. The molecule has 0 saturated carbocycles. The standard InChI is InChI=1S/C23H30N4O2/c1-3-4-14-25(2)22(28)20-19-13-7-8-15-26(19)21(24-20)23(29)27-16-9-11-17-10-5-6-12-18(17)27/h5-6,10,12H,3-4,7-9,11,13-16H2,1-2H3. The van der Waals surface area contributed by atoms with Crippen molar-refractivity contribution in [2.75, 3.05) is 25.0 Å². The van der Waals surface area contributed by atoms with Crippen LogP contribution in [0, 0.1) is 0 Å². The summed E-state index contributed by atoms with van der Waals surface area (Å²) in [6, 6.07) is 8.10. The molecule has 154 valence electrons. The predicted octanol–water partition coefficient (Wildman–Crippen LogP) is 3.68. The summed E-state index contributed by atoms with van der Waals surface area (Å²) >= 11 is 0. The second-order valence-electron chi connectivity index (χ2n) is 8.11. The third kappa shape index (κ3) is 3.68. The molecule has 2 aliphatic rings. The smallest absolute Gasteiger partial charge is 0.294 e. The van der Waals surface area contributed by atoms with Gasteiger partial charge in [0.25, 0.3) is 11.8 Å². The van der Waals surface area contributed by atoms with Gasteiger partial charge in [-0.1, -0.05) is 31.5 Å². The van der Waals surface area contributed by atoms with Gasteiger partial charge in [-0.05, 0) is 50.2 Å². The van der Waals surface area contributed by atoms with Crippen molar-refractivity contribution in [3.63, 3.8) is 0 Å². The zero-order chi connectivity index (χ0) is 20.4. The van der Waals surface area contributed by atoms with Crippen molar-refractivity contribution in [3.8, 4) is 0 Å². The van der Waals surface area contributed by atoms with Crippen LogP contribution in [0.3, 0.4) is 0 Å². The van der Waals surface area contributed by atoms with Gasteiger partial charge in [-0.3, -0.25) is 9.59 Å². The maximum atomic E-state index is 13.5. The number of amides is 2. The molecule has 2 aliphatic heterocycles. The predicted molar refractivity (Wildman–Crippen MR) is 113 cm³/mol. The van der Waals surface area contributed by atoms with Crippen LogP contribution < -0.4 is 4.90 Å². The Bertz CT molecular complexity index is 918. The van der Waals surface area contributed by atoms with E-state index >= 15 is 0 Å². The fourth-order valence-corrected chi connectivity index (χ4v) is 4.42. The van der Waals surface area contributed by atoms with Crippen LogP contribution in [0.1, 0.15) is 71.4 Å². The molecule has 0 saturated heterocycles. The molecular weight excluding hydrogens is 364 g/mol. The van der Waals surface area contributed by atoms with Gasteiger partial charge in [-0.25, -0.2) is 4.98 Å². The Morgan fingerprint density at radius 3 is 2.76 bits per heavy atom. The topological polar surface area (TPSA) is 58.4 Å². The second kappa shape index (κ2) is 8.39. The average molecular weight is 395 g/mol. The Morgan fingerprint density at radius 2 is 1.93 bits per heavy atom. The summed E-state index contributed by atoms with van der Waals surface area (Å²) in [4.78, 5) is 34.8. The molecule has 6 nitrogen and oxygen atoms in total. The number of nitrogens with zero attached hydrogens (tertiary/aromatic N) is 4. The molecule has 1 aromatic heterocycles. The van der Waals surface area contributed by atoms with Crippen molar-refractivity contribution < 1.29 is 9.59 Å². The highest BCUT2D eigenvalue weighted by Crippen LogP contribution is 2.29. The quantitative estimate of drug-likeness (QED) is 0.777. The fraction of sp³-hybridized carbons (Fsp3) is 0.522. The summed E-state index contributed by atoms with van der Waals surface area (Å²) < 4.78 is 2.00. The van der Waals surface area contributed by atoms with Gasteiger partial charge < -0.3 is 14.4 Å². The molecule has 2 aromatic rings. The number of anilines is 1. The molecule has 2 amide bonds. The van der Waals surface area contributed by atoms with E-state index in [1.165, 1.54) is 5.56 Å². The number of unbranched alkanes of at least 4 members (excludes halogenated alkanes) is 1. The van der Waals surface area contributed by atoms with E-state index in [0.717, 1.165) is 62.9 Å². The Hall–Kier alpha value is -2.63. The lowest BCUT2D eigenvalue weighted by Gasteiger charge is -2.29. The maximum absolute atomic E-state index is 13.5. The Labute approximate surface area is 172 Å². The van der Waals surface area contributed by atoms with E-state index in [9.17, 15) is 9.59 Å². The van der Waals surface area contributed by atoms with Gasteiger partial charge >= 0.3 is 0 Å². The van der Waals surface area contributed by atoms with Gasteiger partial charge in [0.1, 0.15) is 5.69 Å². The average Bonchev–Trinajstić information content (AvgIpc) is 3.15. The van der Waals surface area contributed by atoms with Crippen molar-refractivity contribution in [1.82, 2.24) is 14.5 Å². The van der Waals surface area contributed by atoms with Gasteiger partial charge in [-0.15, -0.1) is 0 Å². The number of carbonyl (C=O) groups is 2. The van der Waals surface area contributed by atoms with Gasteiger partial charge in [0.2, 0.25) is 5.82 Å². The normalized spacial score (nSPS) is 15.6. The Morgan fingerprint density at radius 1 is 1.10 bits per heavy atom. The highest BCUT2D eigenvalue weighted by Gasteiger charge is 2.32. The zero-order valence-corrected chi connectivity index (χ0v) is 17.5. The third-order valence-electron chi connectivity index (χ3n) is 6.06. The first kappa shape index (κ1) is 19.7. The van der Waals surface area contributed by atoms with Crippen molar-refractivity contribution in [3.05, 3.63) is 47.0 Å². The molecule has 0 radical (unpaired) electrons. The van der Waals surface area contributed by atoms with E-state index in [4.69, 9.17) is 0 Å². The number of imidazole rings is 1. The van der Waals surface area contributed by atoms with Crippen LogP contribution in [0.5, 0.6) is 0 Å². The molecule has 29 heavy (non-hydrogen) atoms. The first-order valence-corrected chi connectivity index (χ1v) is 10.9. The molecule has 0 aliphatic carbocycles. The van der Waals surface area contributed by atoms with Crippen LogP contribution in [0.25, 0.3) is 0 Å². The Balaban J connectivity index is 1.69. The minimum absolute atomic E-state index is 0.0674. The van der Waals surface area contributed by atoms with Crippen LogP contribution in [-0.4, -0.2) is 46.4 Å². The monoisotopic (exact) mass is 394 g/mol. The molecule has 4 rings (SSSR count). The largest absolute Gasteiger partial charge is 0.340 e. The van der Waals surface area contributed by atoms with E-state index in [-0.39, 0.29) is 11.8 Å². The van der Waals surface area contributed by atoms with E-state index in [0.29, 0.717) is 24.6 Å². The van der Waals surface area contributed by atoms with Crippen LogP contribution in [0.4, 0.5) is 5.69 Å². The molecule has 1 aromatic carbocycles. The van der Waals surface area contributed by atoms with E-state index < -0.39 is 0 Å². The van der Waals surface area contributed by atoms with Crippen molar-refractivity contribution in [2.24, 2.45) is 0 Å². The summed E-state index contributed by atoms with van der Waals surface area (Å²) in [6.07, 6.45) is 6.79. The lowest BCUT2D eigenvalue weighted by molar-refractivity contribution is 0.0786. The summed E-state index contributed by atoms with van der Waals surface area (Å²) in [5, 5.41) is 0. The van der Waals surface area contributed by atoms with Crippen molar-refractivity contribution in [1.29, 1.82) is 0 Å². The van der Waals surface area contributed by atoms with Crippen LogP contribution >= 0.6 is 0 Å². The number of hydrogen-bond donors (Lipinski definition) is 0. The fourth-order valence-electron chi connectivity index (χ4n) is 4.42. The molecule has 3 heterocycles. The molecular formula is C23H30N4O2. The molecule has 0 unspecified atom stereocenters. The SMILES string of the molecule is CCCCN(C)C(=O)c1nc(C(=O)N2CCCc3ccccc32)n2c1CCCC2. The molecule has 0 N–H and O–H groups in total. The van der Waals surface area contributed by atoms with Crippen molar-refractivity contribution >= 4 is 17.5 Å². The minimum Gasteiger partial charge on any atom is -0.340 e. The number of fused-ring (bicyclic) bond motifs is 2. The highest BCUT2D eigenvalue weighted by molar-refractivity contribution is 6.06. The summed E-state index contributed by atoms with van der Waals surface area (Å²) in [7, 11) is 1.83. The van der Waals surface area contributed by atoms with Gasteiger partial charge in [-0.2, -0.15) is 0 Å². The summed E-state index contributed by atoms with van der Waals surface area (Å²) in [5.74, 6) is 0.265. The van der Waals surface area contributed by atoms with Crippen LogP contribution in [-0.2, 0) is 19.4 Å². The minimum atomic E-state index is -0.0874. The maximum Gasteiger partial charge on any atom is 0.294 e. The summed E-state index contributed by atoms with van der Waals surface area (Å²) in [5.41, 5.74) is 3.58. The number of hydrogen-bond acceptors (Lipinski definition) is 3. The number of para-hydroxylation sites is 1. The van der Waals surface area contributed by atoms with Crippen LogP contribution in [0.15, 0.2) is 24.3 Å². The molecule has 6 heteroatoms. The number of aryl methyl sites for hydroxylation is 1. The number of rotatable bonds is 5. The first-order valence-electron chi connectivity index (χ1n) is 10.9. The first-order chi connectivity index (χ1) is 14.1. The summed E-state index contributed by atoms with van der Waals surface area (Å²) in [6.45, 7) is 4.27. The molecule has 0 spiro atoms. The number of aromatic nitrogens is 2. The van der Waals surface area contributed by atoms with E-state index in [1.54, 1.807) is 4.90 Å². The lowest BCUT2D eigenvalue weighted by atomic mass is 10.0. The van der Waals surface area contributed by atoms with Gasteiger partial charge in [0.15, 0.2) is 0 Å². The van der Waals surface area contributed by atoms with E-state index in [2.05, 4.69) is 18.0 Å². The number of benzene rings is 1. The van der Waals surface area contributed by atoms with Crippen molar-refractivity contribution in [2.45, 2.75) is 58.4 Å². The molecule has 0 bridgehead atoms. The highest BCUT2D eigenvalue weighted by atomic mass is 16.2. The Kier molecular flexibility index (Phi) is 5.69. The second-order valence-corrected chi connectivity index (χ2v) is 8.11.